The third-order valence-corrected chi connectivity index (χ3v) is 13.0. The number of aryl methyl sites for hydroxylation is 6. The van der Waals surface area contributed by atoms with Crippen LogP contribution in [0.5, 0.6) is 0 Å². The SMILES string of the molecule is CC(C)c1cc(F)c[c-]c1-c1ncnn1C.CC(C)c1ccc[c-]c1-c1ncnn1C.Cc1cccc(C)c1-c1cc(F)c[c-]c1-c1ncnn1CC(C)(C)C.Cc1cccc(C)c1-c1ncc[c-]c1-c1ncnn1CC(C)(C)C.[Ir].[Ir].[Ir].[Ir]. The van der Waals surface area contributed by atoms with Crippen LogP contribution in [0, 0.1) is 74.4 Å². The standard InChI is InChI=1S/C21H23FN3.C20H23N4.C12H13FN3.C12H14N3.4Ir/c1-14-7-6-8-15(2)19(14)18-11-16(22)9-10-17(18)20-23-13-24-25(20)12-21(3,4)5;1-14-8-6-9-15(2)17(14)18-16(10-7-11-21-18)19-22-13-23-24(19)12-20(3,4)5;1-8(2)11-6-9(13)4-5-10(11)12-14-7-15-16(12)3;1-9(2)10-6-4-5-7-11(10)12-13-8-14-15(12)3;;;;/h6-9,11,13H,12H2,1-5H3;6-9,11,13H,12H2,1-5H3;4,6-8H,1-3H3;4-6,8-9H,1-3H3;;;;/q4*-1;;;;. The molecule has 10 rings (SSSR count). The summed E-state index contributed by atoms with van der Waals surface area (Å²) in [7, 11) is 3.71. The first kappa shape index (κ1) is 72.5. The maximum Gasteiger partial charge on any atom is 0.127 e. The van der Waals surface area contributed by atoms with Crippen LogP contribution in [0.4, 0.5) is 8.78 Å². The second-order valence-corrected chi connectivity index (χ2v) is 22.9. The topological polar surface area (TPSA) is 136 Å². The minimum atomic E-state index is -0.303. The van der Waals surface area contributed by atoms with Gasteiger partial charge in [-0.1, -0.05) is 168 Å². The maximum atomic E-state index is 14.0. The van der Waals surface area contributed by atoms with E-state index in [0.717, 1.165) is 86.1 Å². The molecule has 0 amide bonds. The molecule has 0 saturated carbocycles. The smallest absolute Gasteiger partial charge is 0.127 e. The summed E-state index contributed by atoms with van der Waals surface area (Å²) in [4.78, 5) is 22.0. The summed E-state index contributed by atoms with van der Waals surface area (Å²) < 4.78 is 34.5. The van der Waals surface area contributed by atoms with Crippen molar-refractivity contribution in [1.29, 1.82) is 0 Å². The molecule has 0 aliphatic carbocycles. The summed E-state index contributed by atoms with van der Waals surface area (Å²) in [5, 5.41) is 16.9. The summed E-state index contributed by atoms with van der Waals surface area (Å²) in [6, 6.07) is 38.6. The molecule has 19 heteroatoms. The zero-order chi connectivity index (χ0) is 58.1. The van der Waals surface area contributed by atoms with Crippen molar-refractivity contribution in [3.8, 4) is 67.9 Å². The van der Waals surface area contributed by atoms with E-state index in [0.29, 0.717) is 17.6 Å². The fourth-order valence-corrected chi connectivity index (χ4v) is 9.36. The fourth-order valence-electron chi connectivity index (χ4n) is 9.36. The molecule has 5 aromatic carbocycles. The van der Waals surface area contributed by atoms with E-state index in [-0.39, 0.29) is 109 Å². The number of rotatable bonds is 10. The predicted molar refractivity (Wildman–Crippen MR) is 314 cm³/mol. The Balaban J connectivity index is 0.000000295. The Morgan fingerprint density at radius 3 is 1.35 bits per heavy atom. The van der Waals surface area contributed by atoms with Gasteiger partial charge in [-0.15, -0.1) is 95.1 Å². The van der Waals surface area contributed by atoms with Gasteiger partial charge in [0.2, 0.25) is 0 Å². The summed E-state index contributed by atoms with van der Waals surface area (Å²) in [5.74, 6) is 3.23. The van der Waals surface area contributed by atoms with Crippen molar-refractivity contribution in [2.45, 2.75) is 122 Å². The van der Waals surface area contributed by atoms with Crippen LogP contribution in [0.1, 0.15) is 114 Å². The van der Waals surface area contributed by atoms with Gasteiger partial charge in [-0.2, -0.15) is 20.4 Å². The van der Waals surface area contributed by atoms with Crippen LogP contribution in [0.2, 0.25) is 0 Å². The molecule has 0 fully saturated rings. The van der Waals surface area contributed by atoms with Crippen molar-refractivity contribution in [3.05, 3.63) is 186 Å². The third kappa shape index (κ3) is 18.6. The van der Waals surface area contributed by atoms with Gasteiger partial charge in [-0.25, -0.2) is 0 Å². The van der Waals surface area contributed by atoms with E-state index in [4.69, 9.17) is 0 Å². The minimum absolute atomic E-state index is 0. The third-order valence-electron chi connectivity index (χ3n) is 13.0. The van der Waals surface area contributed by atoms with Crippen LogP contribution in [0.15, 0.2) is 116 Å². The Kier molecular flexibility index (Phi) is 27.7. The van der Waals surface area contributed by atoms with Crippen molar-refractivity contribution in [2.75, 3.05) is 0 Å². The zero-order valence-electron chi connectivity index (χ0n) is 50.4. The van der Waals surface area contributed by atoms with Gasteiger partial charge in [0.25, 0.3) is 0 Å². The average Bonchev–Trinajstić information content (AvgIpc) is 4.29. The molecular formula is C65H73F2Ir4N13-4. The molecule has 5 heterocycles. The zero-order valence-corrected chi connectivity index (χ0v) is 60.0. The minimum Gasteiger partial charge on any atom is -0.352 e. The molecular weight excluding hydrogens is 1770 g/mol. The summed E-state index contributed by atoms with van der Waals surface area (Å²) in [5.41, 5.74) is 14.4. The number of halogens is 2. The Labute approximate surface area is 549 Å². The molecule has 84 heavy (non-hydrogen) atoms. The Bertz CT molecular complexity index is 3640. The molecule has 5 aromatic heterocycles. The van der Waals surface area contributed by atoms with Crippen LogP contribution in [-0.2, 0) is 108 Å². The van der Waals surface area contributed by atoms with Gasteiger partial charge < -0.3 is 4.98 Å². The first-order chi connectivity index (χ1) is 37.9. The number of benzene rings is 5. The quantitative estimate of drug-likeness (QED) is 0.123. The van der Waals surface area contributed by atoms with Crippen molar-refractivity contribution in [3.63, 3.8) is 0 Å². The first-order valence-electron chi connectivity index (χ1n) is 26.8. The molecule has 0 bridgehead atoms. The maximum absolute atomic E-state index is 14.0. The molecule has 0 atom stereocenters. The van der Waals surface area contributed by atoms with Gasteiger partial charge in [0.15, 0.2) is 0 Å². The van der Waals surface area contributed by atoms with Crippen LogP contribution in [0.3, 0.4) is 0 Å². The van der Waals surface area contributed by atoms with Gasteiger partial charge in [0.1, 0.15) is 25.3 Å². The van der Waals surface area contributed by atoms with E-state index in [9.17, 15) is 8.78 Å². The molecule has 10 aromatic rings. The van der Waals surface area contributed by atoms with Crippen molar-refractivity contribution in [1.82, 2.24) is 64.0 Å². The normalized spacial score (nSPS) is 10.9. The Morgan fingerprint density at radius 2 is 0.881 bits per heavy atom. The largest absolute Gasteiger partial charge is 0.352 e. The summed E-state index contributed by atoms with van der Waals surface area (Å²) in [6.45, 7) is 31.2. The van der Waals surface area contributed by atoms with Crippen LogP contribution in [0.25, 0.3) is 67.9 Å². The van der Waals surface area contributed by atoms with Gasteiger partial charge >= 0.3 is 0 Å². The van der Waals surface area contributed by atoms with Gasteiger partial charge in [0, 0.05) is 119 Å². The summed E-state index contributed by atoms with van der Waals surface area (Å²) >= 11 is 0. The molecule has 13 nitrogen and oxygen atoms in total. The molecule has 0 unspecified atom stereocenters. The predicted octanol–water partition coefficient (Wildman–Crippen LogP) is 14.6. The Morgan fingerprint density at radius 1 is 0.464 bits per heavy atom. The van der Waals surface area contributed by atoms with E-state index < -0.39 is 0 Å². The van der Waals surface area contributed by atoms with E-state index in [1.165, 1.54) is 41.2 Å². The fraction of sp³-hybridized carbons (Fsp3) is 0.338. The average molecular weight is 1840 g/mol. The molecule has 4 radical (unpaired) electrons. The first-order valence-corrected chi connectivity index (χ1v) is 26.8. The summed E-state index contributed by atoms with van der Waals surface area (Å²) in [6.07, 6.45) is 8.00. The van der Waals surface area contributed by atoms with E-state index >= 15 is 0 Å². The van der Waals surface area contributed by atoms with Crippen LogP contribution < -0.4 is 0 Å². The van der Waals surface area contributed by atoms with Crippen molar-refractivity contribution < 1.29 is 89.2 Å². The number of pyridine rings is 1. The molecule has 0 N–H and O–H groups in total. The van der Waals surface area contributed by atoms with E-state index in [1.807, 2.05) is 87.6 Å². The second-order valence-electron chi connectivity index (χ2n) is 22.9. The number of hydrogen-bond donors (Lipinski definition) is 0. The van der Waals surface area contributed by atoms with Crippen LogP contribution >= 0.6 is 0 Å². The van der Waals surface area contributed by atoms with E-state index in [1.54, 1.807) is 40.6 Å². The molecule has 0 aliphatic heterocycles. The van der Waals surface area contributed by atoms with Gasteiger partial charge in [-0.3, -0.25) is 47.4 Å². The monoisotopic (exact) mass is 1850 g/mol. The number of nitrogens with zero attached hydrogens (tertiary/aromatic N) is 13. The van der Waals surface area contributed by atoms with Crippen molar-refractivity contribution >= 4 is 0 Å². The van der Waals surface area contributed by atoms with Gasteiger partial charge in [-0.05, 0) is 49.8 Å². The second kappa shape index (κ2) is 32.1. The molecule has 0 saturated heterocycles. The number of aromatic nitrogens is 13. The number of hydrogen-bond acceptors (Lipinski definition) is 9. The van der Waals surface area contributed by atoms with Gasteiger partial charge in [0.05, 0.1) is 23.3 Å². The van der Waals surface area contributed by atoms with Crippen LogP contribution in [-0.4, -0.2) is 64.0 Å². The molecule has 452 valence electrons. The van der Waals surface area contributed by atoms with Crippen molar-refractivity contribution in [2.24, 2.45) is 24.9 Å². The Hall–Kier alpha value is -5.73. The van der Waals surface area contributed by atoms with E-state index in [2.05, 4.69) is 163 Å². The molecule has 0 aliphatic rings. The molecule has 0 spiro atoms.